The van der Waals surface area contributed by atoms with Crippen LogP contribution in [0.5, 0.6) is 28.7 Å². The maximum Gasteiger partial charge on any atom is 0.193 e. The molecule has 0 amide bonds. The Kier molecular flexibility index (Phi) is 32.6. The summed E-state index contributed by atoms with van der Waals surface area (Å²) in [5.74, 6) is -3.92. The fourth-order valence-electron chi connectivity index (χ4n) is 20.4. The molecule has 0 aromatic heterocycles. The zero-order valence-electron chi connectivity index (χ0n) is 82.5. The number of carbonyl (C=O) groups excluding carboxylic acids is 5. The number of methoxy groups -OCH3 is 1. The van der Waals surface area contributed by atoms with Crippen molar-refractivity contribution in [3.63, 3.8) is 0 Å². The maximum atomic E-state index is 14.1. The van der Waals surface area contributed by atoms with Gasteiger partial charge in [-0.3, -0.25) is 24.0 Å². The van der Waals surface area contributed by atoms with E-state index in [-0.39, 0.29) is 53.5 Å². The van der Waals surface area contributed by atoms with Gasteiger partial charge in [0, 0.05) is 159 Å². The first-order valence-corrected chi connectivity index (χ1v) is 49.9. The molecular weight excluding hydrogens is 1930 g/mol. The van der Waals surface area contributed by atoms with Crippen LogP contribution >= 0.6 is 0 Å². The Bertz CT molecular complexity index is 7680. The summed E-state index contributed by atoms with van der Waals surface area (Å²) < 4.78 is 176. The second kappa shape index (κ2) is 46.7. The molecule has 5 aliphatic carbocycles. The number of halogens is 10. The Morgan fingerprint density at radius 1 is 0.340 bits per heavy atom. The van der Waals surface area contributed by atoms with Crippen molar-refractivity contribution in [2.45, 2.75) is 147 Å². The fourth-order valence-corrected chi connectivity index (χ4v) is 20.4. The Morgan fingerprint density at radius 2 is 0.633 bits per heavy atom. The first-order chi connectivity index (χ1) is 72.4. The molecule has 15 aromatic carbocycles. The molecule has 3 N–H and O–H groups in total. The van der Waals surface area contributed by atoms with E-state index in [0.29, 0.717) is 223 Å². The van der Waals surface area contributed by atoms with Crippen LogP contribution in [0.3, 0.4) is 0 Å². The van der Waals surface area contributed by atoms with Gasteiger partial charge in [-0.2, -0.15) is 0 Å². The van der Waals surface area contributed by atoms with E-state index in [4.69, 9.17) is 38.3 Å². The van der Waals surface area contributed by atoms with Gasteiger partial charge in [-0.05, 0) is 222 Å². The highest BCUT2D eigenvalue weighted by Crippen LogP contribution is 2.41. The maximum absolute atomic E-state index is 14.1. The molecule has 25 heteroatoms. The highest BCUT2D eigenvalue weighted by Gasteiger charge is 2.36. The minimum absolute atomic E-state index is 0.00978. The van der Waals surface area contributed by atoms with Crippen molar-refractivity contribution in [3.05, 3.63) is 498 Å². The Hall–Kier alpha value is -15.3. The summed E-state index contributed by atoms with van der Waals surface area (Å²) in [7, 11) is 1.60. The summed E-state index contributed by atoms with van der Waals surface area (Å²) in [6.07, 6.45) is 8.72. The van der Waals surface area contributed by atoms with Gasteiger partial charge >= 0.3 is 0 Å². The van der Waals surface area contributed by atoms with Crippen LogP contribution < -0.4 is 18.9 Å². The monoisotopic (exact) mass is 2040 g/mol. The average Bonchev–Trinajstić information content (AvgIpc) is 1.79. The van der Waals surface area contributed by atoms with Crippen LogP contribution in [0.25, 0.3) is 0 Å². The minimum Gasteiger partial charge on any atom is -0.508 e. The molecule has 0 bridgehead atoms. The van der Waals surface area contributed by atoms with Crippen molar-refractivity contribution >= 4 is 28.9 Å². The molecule has 150 heavy (non-hydrogen) atoms. The second-order valence-corrected chi connectivity index (χ2v) is 38.6. The standard InChI is InChI=1S/C28H26F2O4.C27H24F2O3.C25H22F2O4.C23H18F2O2.C22H16F2O2/c1-28(2)33-16-21(34-28)15-32-26-5-3-4-24-23(26)11-8-18-12-17(6-10-22(18)27(24)31)13-19-7-9-20(29)14-25(19)30;28-20-7-5-19(25(29)16-20)15-17-4-8-22-18(14-17)6-9-23-24(27(22)30)2-1-3-26(23)32-21-10-12-31-13-11-21;26-18-7-5-17(23(27)12-18)11-15-4-8-20-16(10-15)6-9-21-22(25(20)30)2-1-3-24(21)31-14-19(29)13-28;1-27-22-4-2-3-20-19(22)10-7-15-11-14(5-9-18(15)23(20)26)12-16-6-8-17(24)13-21(16)25;23-16-7-5-15(20(24)12-16)11-13-4-8-17-14(10-13)6-9-18-19(22(17)26)2-1-3-21(18)25/h3-7,9-10,12,14,21H,8,11,13,15-16H2,1-2H3;1-5,7-8,14,16,21H,6,9-13,15H2;1-5,7-8,10,12,19,28-29H,6,9,11,13-14H2;2-6,8-9,11,13H,7,10,12H2,1H3;1-5,7-8,10,12,25H,6,9,11H2. The molecule has 2 saturated heterocycles. The van der Waals surface area contributed by atoms with E-state index < -0.39 is 76.7 Å². The molecule has 7 aliphatic rings. The molecule has 2 heterocycles. The summed E-state index contributed by atoms with van der Waals surface area (Å²) in [4.78, 5) is 65.8. The van der Waals surface area contributed by atoms with Crippen LogP contribution in [-0.4, -0.2) is 115 Å². The second-order valence-electron chi connectivity index (χ2n) is 38.6. The first-order valence-electron chi connectivity index (χ1n) is 49.9. The van der Waals surface area contributed by atoms with Crippen molar-refractivity contribution in [2.24, 2.45) is 0 Å². The number of phenolic OH excluding ortho intramolecular Hbond substituents is 1. The predicted molar refractivity (Wildman–Crippen MR) is 546 cm³/mol. The number of benzene rings is 15. The molecule has 766 valence electrons. The van der Waals surface area contributed by atoms with Crippen molar-refractivity contribution in [1.29, 1.82) is 0 Å². The highest BCUT2D eigenvalue weighted by atomic mass is 19.2. The minimum atomic E-state index is -0.996. The number of fused-ring (bicyclic) bond motifs is 10. The van der Waals surface area contributed by atoms with Gasteiger partial charge in [0.1, 0.15) is 118 Å². The van der Waals surface area contributed by atoms with Crippen LogP contribution in [0, 0.1) is 58.2 Å². The molecule has 0 saturated carbocycles. The van der Waals surface area contributed by atoms with E-state index in [9.17, 15) is 78.1 Å². The van der Waals surface area contributed by atoms with Gasteiger partial charge in [-0.25, -0.2) is 43.9 Å². The molecular formula is C125H106F10O15. The smallest absolute Gasteiger partial charge is 0.193 e. The van der Waals surface area contributed by atoms with Crippen LogP contribution in [-0.2, 0) is 111 Å². The molecule has 0 spiro atoms. The van der Waals surface area contributed by atoms with Crippen LogP contribution in [0.2, 0.25) is 0 Å². The lowest BCUT2D eigenvalue weighted by Crippen LogP contribution is -2.26. The predicted octanol–water partition coefficient (Wildman–Crippen LogP) is 24.0. The third kappa shape index (κ3) is 24.5. The fraction of sp³-hybridized carbons (Fsp3) is 0.240. The SMILES string of the molecule is CC1(C)OCC(COc2cccc3c2CCc2cc(Cc4ccc(F)cc4F)ccc2C3=O)O1.COc1cccc2c1CCc1cc(Cc3ccc(F)cc3F)ccc1C2=O.O=C1c2ccc(Cc3ccc(F)cc3F)cc2CCc2c(O)cccc21.O=C1c2ccc(Cc3ccc(F)cc3F)cc2CCc2c(OC3CCOCC3)cccc21.O=C1c2ccc(Cc3ccc(F)cc3F)cc2CCc2c(OCC(O)CO)cccc21. The number of ketones is 5. The van der Waals surface area contributed by atoms with E-state index in [0.717, 1.165) is 133 Å². The van der Waals surface area contributed by atoms with Gasteiger partial charge in [0.05, 0.1) is 33.5 Å². The van der Waals surface area contributed by atoms with Gasteiger partial charge in [0.2, 0.25) is 0 Å². The third-order valence-electron chi connectivity index (χ3n) is 28.1. The molecule has 0 radical (unpaired) electrons. The van der Waals surface area contributed by atoms with Crippen molar-refractivity contribution in [2.75, 3.05) is 46.8 Å². The topological polar surface area (TPSA) is 211 Å². The third-order valence-corrected chi connectivity index (χ3v) is 28.1. The number of aliphatic hydroxyl groups is 2. The lowest BCUT2D eigenvalue weighted by atomic mass is 9.95. The molecule has 15 aromatic rings. The Labute approximate surface area is 861 Å². The number of rotatable bonds is 20. The van der Waals surface area contributed by atoms with Gasteiger partial charge in [-0.15, -0.1) is 0 Å². The van der Waals surface area contributed by atoms with E-state index in [1.807, 2.05) is 135 Å². The lowest BCUT2D eigenvalue weighted by Gasteiger charge is -2.25. The largest absolute Gasteiger partial charge is 0.508 e. The summed E-state index contributed by atoms with van der Waals surface area (Å²) in [6, 6.07) is 72.7. The number of carbonyl (C=O) groups is 5. The van der Waals surface area contributed by atoms with Crippen LogP contribution in [0.1, 0.15) is 218 Å². The van der Waals surface area contributed by atoms with Crippen molar-refractivity contribution in [1.82, 2.24) is 0 Å². The van der Waals surface area contributed by atoms with Gasteiger partial charge in [0.15, 0.2) is 34.7 Å². The van der Waals surface area contributed by atoms with Crippen LogP contribution in [0.15, 0.2) is 273 Å². The first kappa shape index (κ1) is 105. The molecule has 15 nitrogen and oxygen atoms in total. The van der Waals surface area contributed by atoms with Gasteiger partial charge < -0.3 is 48.5 Å². The number of hydrogen-bond donors (Lipinski definition) is 3. The number of phenols is 1. The summed E-state index contributed by atoms with van der Waals surface area (Å²) in [6.45, 7) is 5.46. The number of ether oxygens (including phenoxy) is 7. The zero-order valence-corrected chi connectivity index (χ0v) is 82.5. The summed E-state index contributed by atoms with van der Waals surface area (Å²) in [5.41, 5.74) is 21.4. The lowest BCUT2D eigenvalue weighted by molar-refractivity contribution is -0.141. The normalized spacial score (nSPS) is 15.2. The molecule has 2 fully saturated rings. The number of hydrogen-bond acceptors (Lipinski definition) is 15. The summed E-state index contributed by atoms with van der Waals surface area (Å²) in [5, 5.41) is 28.6. The Balaban J connectivity index is 0.000000123. The van der Waals surface area contributed by atoms with Gasteiger partial charge in [0.25, 0.3) is 0 Å². The zero-order chi connectivity index (χ0) is 105. The van der Waals surface area contributed by atoms with Crippen molar-refractivity contribution in [3.8, 4) is 28.7 Å². The summed E-state index contributed by atoms with van der Waals surface area (Å²) >= 11 is 0. The number of aliphatic hydroxyl groups excluding tert-OH is 2. The highest BCUT2D eigenvalue weighted by molar-refractivity contribution is 6.15. The molecule has 22 rings (SSSR count). The van der Waals surface area contributed by atoms with E-state index in [2.05, 4.69) is 0 Å². The van der Waals surface area contributed by atoms with E-state index in [1.54, 1.807) is 67.8 Å². The van der Waals surface area contributed by atoms with E-state index in [1.165, 1.54) is 60.7 Å². The molecule has 2 aliphatic heterocycles. The molecule has 2 atom stereocenters. The van der Waals surface area contributed by atoms with Crippen LogP contribution in [0.4, 0.5) is 43.9 Å². The quantitative estimate of drug-likeness (QED) is 0.0606. The van der Waals surface area contributed by atoms with E-state index >= 15 is 0 Å². The average molecular weight is 2040 g/mol. The van der Waals surface area contributed by atoms with Crippen molar-refractivity contribution < 1.29 is 116 Å². The molecule has 2 unspecified atom stereocenters. The number of aryl methyl sites for hydroxylation is 5. The van der Waals surface area contributed by atoms with Gasteiger partial charge in [-0.1, -0.05) is 182 Å². The number of aromatic hydroxyl groups is 1. The Morgan fingerprint density at radius 3 is 0.947 bits per heavy atom.